The average molecular weight is 188 g/mol. The minimum Gasteiger partial charge on any atom is -0.478 e. The van der Waals surface area contributed by atoms with Gasteiger partial charge in [-0.25, -0.2) is 4.79 Å². The number of carboxylic acids is 1. The first kappa shape index (κ1) is 9.00. The lowest BCUT2D eigenvalue weighted by atomic mass is 9.96. The fraction of sp³-hybridized carbons (Fsp3) is 0.250. The van der Waals surface area contributed by atoms with Crippen LogP contribution in [0.1, 0.15) is 19.3 Å². The molecule has 0 amide bonds. The first-order valence-electron chi connectivity index (χ1n) is 4.77. The Balaban J connectivity index is 2.29. The fourth-order valence-electron chi connectivity index (χ4n) is 1.76. The van der Waals surface area contributed by atoms with Crippen molar-refractivity contribution in [2.24, 2.45) is 0 Å². The van der Waals surface area contributed by atoms with Crippen molar-refractivity contribution in [3.63, 3.8) is 0 Å². The van der Waals surface area contributed by atoms with Crippen molar-refractivity contribution in [1.82, 2.24) is 0 Å². The molecule has 72 valence electrons. The first-order chi connectivity index (χ1) is 6.77. The van der Waals surface area contributed by atoms with E-state index >= 15 is 0 Å². The van der Waals surface area contributed by atoms with Crippen molar-refractivity contribution in [3.05, 3.63) is 47.1 Å². The Kier molecular flexibility index (Phi) is 2.35. The summed E-state index contributed by atoms with van der Waals surface area (Å²) in [5.41, 5.74) is 2.93. The SMILES string of the molecule is O=C(O)C1=CCC2=C(C=C1)CCC=C2. The maximum atomic E-state index is 10.8. The number of hydrogen-bond donors (Lipinski definition) is 1. The van der Waals surface area contributed by atoms with Gasteiger partial charge in [0.15, 0.2) is 0 Å². The van der Waals surface area contributed by atoms with Crippen LogP contribution < -0.4 is 0 Å². The van der Waals surface area contributed by atoms with Gasteiger partial charge < -0.3 is 5.11 Å². The van der Waals surface area contributed by atoms with E-state index in [-0.39, 0.29) is 0 Å². The molecular formula is C12H12O2. The van der Waals surface area contributed by atoms with Crippen LogP contribution >= 0.6 is 0 Å². The predicted molar refractivity (Wildman–Crippen MR) is 54.9 cm³/mol. The predicted octanol–water partition coefficient (Wildman–Crippen LogP) is 2.60. The third-order valence-electron chi connectivity index (χ3n) is 2.56. The Morgan fingerprint density at radius 3 is 2.86 bits per heavy atom. The van der Waals surface area contributed by atoms with Crippen LogP contribution in [0.5, 0.6) is 0 Å². The maximum Gasteiger partial charge on any atom is 0.335 e. The summed E-state index contributed by atoms with van der Waals surface area (Å²) in [6.07, 6.45) is 12.5. The minimum absolute atomic E-state index is 0.396. The Morgan fingerprint density at radius 1 is 1.21 bits per heavy atom. The molecule has 0 aliphatic heterocycles. The summed E-state index contributed by atoms with van der Waals surface area (Å²) < 4.78 is 0. The molecule has 0 unspecified atom stereocenters. The topological polar surface area (TPSA) is 37.3 Å². The van der Waals surface area contributed by atoms with Gasteiger partial charge >= 0.3 is 5.97 Å². The van der Waals surface area contributed by atoms with Crippen LogP contribution in [-0.2, 0) is 4.79 Å². The minimum atomic E-state index is -0.843. The second-order valence-corrected chi connectivity index (χ2v) is 3.49. The molecular weight excluding hydrogens is 176 g/mol. The highest BCUT2D eigenvalue weighted by molar-refractivity contribution is 5.90. The van der Waals surface area contributed by atoms with Gasteiger partial charge in [0, 0.05) is 0 Å². The van der Waals surface area contributed by atoms with E-state index in [1.807, 2.05) is 6.08 Å². The Bertz CT molecular complexity index is 381. The number of rotatable bonds is 1. The molecule has 0 aromatic rings. The molecule has 0 aromatic carbocycles. The normalized spacial score (nSPS) is 20.1. The van der Waals surface area contributed by atoms with Gasteiger partial charge in [-0.15, -0.1) is 0 Å². The highest BCUT2D eigenvalue weighted by Gasteiger charge is 2.11. The Hall–Kier alpha value is -1.57. The summed E-state index contributed by atoms with van der Waals surface area (Å²) >= 11 is 0. The third-order valence-corrected chi connectivity index (χ3v) is 2.56. The zero-order chi connectivity index (χ0) is 9.97. The summed E-state index contributed by atoms with van der Waals surface area (Å²) in [4.78, 5) is 10.8. The highest BCUT2D eigenvalue weighted by atomic mass is 16.4. The van der Waals surface area contributed by atoms with Crippen LogP contribution in [0.2, 0.25) is 0 Å². The number of carbonyl (C=O) groups is 1. The van der Waals surface area contributed by atoms with E-state index in [1.165, 1.54) is 11.1 Å². The molecule has 2 heteroatoms. The summed E-state index contributed by atoms with van der Waals surface area (Å²) in [6, 6.07) is 0. The van der Waals surface area contributed by atoms with Gasteiger partial charge in [-0.2, -0.15) is 0 Å². The molecule has 2 nitrogen and oxygen atoms in total. The van der Waals surface area contributed by atoms with Gasteiger partial charge in [0.1, 0.15) is 0 Å². The number of aliphatic carboxylic acids is 1. The van der Waals surface area contributed by atoms with Gasteiger partial charge in [0.2, 0.25) is 0 Å². The third kappa shape index (κ3) is 1.69. The van der Waals surface area contributed by atoms with Crippen LogP contribution in [0.15, 0.2) is 47.1 Å². The van der Waals surface area contributed by atoms with Crippen LogP contribution in [0.3, 0.4) is 0 Å². The number of carboxylic acid groups (broad SMARTS) is 1. The second kappa shape index (κ2) is 3.66. The van der Waals surface area contributed by atoms with E-state index < -0.39 is 5.97 Å². The lowest BCUT2D eigenvalue weighted by Gasteiger charge is -2.09. The van der Waals surface area contributed by atoms with Gasteiger partial charge in [0.25, 0.3) is 0 Å². The highest BCUT2D eigenvalue weighted by Crippen LogP contribution is 2.26. The molecule has 14 heavy (non-hydrogen) atoms. The van der Waals surface area contributed by atoms with Gasteiger partial charge in [-0.1, -0.05) is 24.3 Å². The smallest absolute Gasteiger partial charge is 0.335 e. The summed E-state index contributed by atoms with van der Waals surface area (Å²) in [6.45, 7) is 0. The van der Waals surface area contributed by atoms with Crippen molar-refractivity contribution >= 4 is 5.97 Å². The molecule has 0 aromatic heterocycles. The van der Waals surface area contributed by atoms with E-state index in [2.05, 4.69) is 12.2 Å². The first-order valence-corrected chi connectivity index (χ1v) is 4.77. The zero-order valence-corrected chi connectivity index (χ0v) is 7.86. The molecule has 2 aliphatic rings. The molecule has 0 radical (unpaired) electrons. The zero-order valence-electron chi connectivity index (χ0n) is 7.86. The van der Waals surface area contributed by atoms with E-state index in [0.717, 1.165) is 19.3 Å². The van der Waals surface area contributed by atoms with Gasteiger partial charge in [-0.05, 0) is 36.5 Å². The molecule has 0 saturated heterocycles. The van der Waals surface area contributed by atoms with E-state index in [1.54, 1.807) is 12.2 Å². The standard InChI is InChI=1S/C12H12O2/c13-12(14)11-7-5-9-3-1-2-4-10(9)6-8-11/h1,3,6-8H,2,4-5H2,(H,13,14). The van der Waals surface area contributed by atoms with E-state index in [4.69, 9.17) is 5.11 Å². The molecule has 2 rings (SSSR count). The van der Waals surface area contributed by atoms with Gasteiger partial charge in [-0.3, -0.25) is 0 Å². The average Bonchev–Trinajstić information content (AvgIpc) is 2.39. The summed E-state index contributed by atoms with van der Waals surface area (Å²) in [5, 5.41) is 8.84. The van der Waals surface area contributed by atoms with E-state index in [9.17, 15) is 4.79 Å². The lowest BCUT2D eigenvalue weighted by Crippen LogP contribution is -1.96. The molecule has 0 spiro atoms. The van der Waals surface area contributed by atoms with Gasteiger partial charge in [0.05, 0.1) is 5.57 Å². The molecule has 0 bridgehead atoms. The van der Waals surface area contributed by atoms with Crippen LogP contribution in [0.4, 0.5) is 0 Å². The number of allylic oxidation sites excluding steroid dienone is 6. The molecule has 0 atom stereocenters. The maximum absolute atomic E-state index is 10.8. The summed E-state index contributed by atoms with van der Waals surface area (Å²) in [7, 11) is 0. The fourth-order valence-corrected chi connectivity index (χ4v) is 1.76. The molecule has 2 aliphatic carbocycles. The van der Waals surface area contributed by atoms with Crippen LogP contribution in [0, 0.1) is 0 Å². The molecule has 1 N–H and O–H groups in total. The molecule has 0 heterocycles. The van der Waals surface area contributed by atoms with Crippen molar-refractivity contribution < 1.29 is 9.90 Å². The molecule has 0 saturated carbocycles. The second-order valence-electron chi connectivity index (χ2n) is 3.49. The van der Waals surface area contributed by atoms with Crippen molar-refractivity contribution in [3.8, 4) is 0 Å². The van der Waals surface area contributed by atoms with E-state index in [0.29, 0.717) is 5.57 Å². The Labute approximate surface area is 82.9 Å². The largest absolute Gasteiger partial charge is 0.478 e. The monoisotopic (exact) mass is 188 g/mol. The van der Waals surface area contributed by atoms with Crippen LogP contribution in [-0.4, -0.2) is 11.1 Å². The van der Waals surface area contributed by atoms with Crippen molar-refractivity contribution in [1.29, 1.82) is 0 Å². The van der Waals surface area contributed by atoms with Crippen molar-refractivity contribution in [2.75, 3.05) is 0 Å². The Morgan fingerprint density at radius 2 is 2.07 bits per heavy atom. The number of hydrogen-bond acceptors (Lipinski definition) is 1. The quantitative estimate of drug-likeness (QED) is 0.686. The lowest BCUT2D eigenvalue weighted by molar-refractivity contribution is -0.132. The van der Waals surface area contributed by atoms with Crippen molar-refractivity contribution in [2.45, 2.75) is 19.3 Å². The molecule has 0 fully saturated rings. The summed E-state index contributed by atoms with van der Waals surface area (Å²) in [5.74, 6) is -0.843. The van der Waals surface area contributed by atoms with Crippen LogP contribution in [0.25, 0.3) is 0 Å².